The molecule has 83 heavy (non-hydrogen) atoms. The van der Waals surface area contributed by atoms with Crippen LogP contribution in [-0.4, -0.2) is 29.1 Å². The molecule has 11 aromatic carbocycles. The molecule has 0 bridgehead atoms. The van der Waals surface area contributed by atoms with Crippen molar-refractivity contribution in [3.63, 3.8) is 0 Å². The molecule has 0 aliphatic heterocycles. The fraction of sp³-hybridized carbons (Fsp3) is 0.0390. The van der Waals surface area contributed by atoms with Crippen LogP contribution in [0.1, 0.15) is 16.7 Å². The Morgan fingerprint density at radius 2 is 0.795 bits per heavy atom. The van der Waals surface area contributed by atoms with E-state index in [1.165, 1.54) is 66.4 Å². The zero-order chi connectivity index (χ0) is 55.8. The van der Waals surface area contributed by atoms with E-state index in [1.54, 1.807) is 0 Å². The van der Waals surface area contributed by atoms with Crippen LogP contribution in [0.5, 0.6) is 0 Å². The largest absolute Gasteiger partial charge is 0.309 e. The third-order valence-electron chi connectivity index (χ3n) is 15.8. The lowest BCUT2D eigenvalue weighted by atomic mass is 9.92. The molecule has 394 valence electrons. The Morgan fingerprint density at radius 1 is 0.289 bits per heavy atom. The summed E-state index contributed by atoms with van der Waals surface area (Å²) in [6, 6.07) is 100. The molecule has 0 radical (unpaired) electrons. The number of fused-ring (bicyclic) bond motifs is 6. The molecule has 0 saturated carbocycles. The molecule has 0 unspecified atom stereocenters. The van der Waals surface area contributed by atoms with Gasteiger partial charge in [0.05, 0.1) is 33.3 Å². The average molecular weight is 1070 g/mol. The number of aryl methyl sites for hydroxylation is 3. The third kappa shape index (κ3) is 9.62. The SMILES string of the molecule is Cc1cccc(-c2ccc3c(c2)c2c(-c4ccccc4)nc(-c4ccccc4)nc2n3-c2cc(-c3ccccc3)nc(-c3ccccc3)n2)c1.Cc1ccccc1-c1cc(-c2ccc3c(c2)c2ccccc2n3-c2ccccc2)ccc1C. The lowest BCUT2D eigenvalue weighted by molar-refractivity contribution is 1.03. The van der Waals surface area contributed by atoms with Gasteiger partial charge in [0.2, 0.25) is 0 Å². The van der Waals surface area contributed by atoms with Gasteiger partial charge in [0, 0.05) is 50.2 Å². The van der Waals surface area contributed by atoms with E-state index >= 15 is 0 Å². The van der Waals surface area contributed by atoms with Crippen LogP contribution in [0, 0.1) is 20.8 Å². The molecule has 6 heteroatoms. The second-order valence-corrected chi connectivity index (χ2v) is 21.2. The maximum atomic E-state index is 5.36. The van der Waals surface area contributed by atoms with Crippen molar-refractivity contribution in [3.8, 4) is 90.2 Å². The minimum Gasteiger partial charge on any atom is -0.309 e. The molecule has 0 N–H and O–H groups in total. The molecule has 0 atom stereocenters. The van der Waals surface area contributed by atoms with E-state index in [9.17, 15) is 0 Å². The van der Waals surface area contributed by atoms with Crippen molar-refractivity contribution in [2.45, 2.75) is 20.8 Å². The molecule has 0 saturated heterocycles. The van der Waals surface area contributed by atoms with Gasteiger partial charge in [-0.3, -0.25) is 4.57 Å². The Hall–Kier alpha value is -10.8. The lowest BCUT2D eigenvalue weighted by Crippen LogP contribution is -2.04. The van der Waals surface area contributed by atoms with Crippen molar-refractivity contribution in [2.24, 2.45) is 0 Å². The van der Waals surface area contributed by atoms with Gasteiger partial charge < -0.3 is 4.57 Å². The topological polar surface area (TPSA) is 61.4 Å². The molecular formula is C77H56N6. The summed E-state index contributed by atoms with van der Waals surface area (Å²) in [7, 11) is 0. The smallest absolute Gasteiger partial charge is 0.162 e. The lowest BCUT2D eigenvalue weighted by Gasteiger charge is -2.13. The second-order valence-electron chi connectivity index (χ2n) is 21.2. The van der Waals surface area contributed by atoms with E-state index in [-0.39, 0.29) is 0 Å². The zero-order valence-corrected chi connectivity index (χ0v) is 46.3. The van der Waals surface area contributed by atoms with Crippen LogP contribution < -0.4 is 0 Å². The summed E-state index contributed by atoms with van der Waals surface area (Å²) in [5.74, 6) is 2.03. The molecule has 0 aliphatic carbocycles. The highest BCUT2D eigenvalue weighted by Gasteiger charge is 2.24. The maximum Gasteiger partial charge on any atom is 0.162 e. The molecule has 6 nitrogen and oxygen atoms in total. The number of aromatic nitrogens is 6. The van der Waals surface area contributed by atoms with Gasteiger partial charge in [0.15, 0.2) is 17.3 Å². The van der Waals surface area contributed by atoms with Gasteiger partial charge in [-0.1, -0.05) is 236 Å². The van der Waals surface area contributed by atoms with Crippen LogP contribution >= 0.6 is 0 Å². The van der Waals surface area contributed by atoms with Crippen molar-refractivity contribution in [1.82, 2.24) is 29.1 Å². The second kappa shape index (κ2) is 21.7. The molecule has 0 aliphatic rings. The molecule has 15 aromatic rings. The normalized spacial score (nSPS) is 11.3. The van der Waals surface area contributed by atoms with Gasteiger partial charge in [-0.25, -0.2) is 19.9 Å². The third-order valence-corrected chi connectivity index (χ3v) is 15.8. The summed E-state index contributed by atoms with van der Waals surface area (Å²) in [5.41, 5.74) is 22.3. The number of hydrogen-bond acceptors (Lipinski definition) is 4. The minimum absolute atomic E-state index is 0.647. The standard InChI is InChI=1S/C45H31N5.C32H25N/c1-30-15-14-24-35(27-30)36-25-26-39-37(28-36)41-42(32-18-8-3-9-19-32)48-44(34-22-12-5-13-23-34)49-45(41)50(39)40-29-38(31-16-6-2-7-17-31)46-43(47-40)33-20-10-4-11-21-33;1-22-10-6-7-13-27(22)29-20-24(17-16-23(29)2)25-18-19-32-30(21-25)28-14-8-9-15-31(28)33(32)26-11-4-3-5-12-26/h2-29H,1H3;3-21H,1-2H3. The molecule has 0 amide bonds. The zero-order valence-electron chi connectivity index (χ0n) is 46.3. The van der Waals surface area contributed by atoms with Crippen molar-refractivity contribution >= 4 is 43.7 Å². The van der Waals surface area contributed by atoms with Gasteiger partial charge in [0.1, 0.15) is 5.82 Å². The molecule has 0 fully saturated rings. The van der Waals surface area contributed by atoms with Crippen LogP contribution in [0.3, 0.4) is 0 Å². The molecule has 15 rings (SSSR count). The van der Waals surface area contributed by atoms with Crippen molar-refractivity contribution < 1.29 is 0 Å². The minimum atomic E-state index is 0.647. The number of benzene rings is 11. The number of hydrogen-bond donors (Lipinski definition) is 0. The Labute approximate surface area is 483 Å². The molecule has 0 spiro atoms. The summed E-state index contributed by atoms with van der Waals surface area (Å²) in [6.07, 6.45) is 0. The van der Waals surface area contributed by atoms with Crippen LogP contribution in [0.25, 0.3) is 134 Å². The number of para-hydroxylation sites is 2. The molecule has 4 heterocycles. The van der Waals surface area contributed by atoms with E-state index in [0.717, 1.165) is 72.5 Å². The highest BCUT2D eigenvalue weighted by atomic mass is 15.1. The van der Waals surface area contributed by atoms with Gasteiger partial charge in [-0.05, 0) is 114 Å². The summed E-state index contributed by atoms with van der Waals surface area (Å²) in [4.78, 5) is 21.0. The summed E-state index contributed by atoms with van der Waals surface area (Å²) < 4.78 is 4.55. The van der Waals surface area contributed by atoms with E-state index < -0.39 is 0 Å². The summed E-state index contributed by atoms with van der Waals surface area (Å²) >= 11 is 0. The van der Waals surface area contributed by atoms with Gasteiger partial charge in [-0.2, -0.15) is 0 Å². The van der Waals surface area contributed by atoms with Crippen LogP contribution in [0.15, 0.2) is 285 Å². The average Bonchev–Trinajstić information content (AvgIpc) is 3.53. The maximum absolute atomic E-state index is 5.36. The summed E-state index contributed by atoms with van der Waals surface area (Å²) in [5, 5.41) is 4.59. The Bertz CT molecular complexity index is 4800. The fourth-order valence-electron chi connectivity index (χ4n) is 11.7. The van der Waals surface area contributed by atoms with Gasteiger partial charge in [-0.15, -0.1) is 0 Å². The van der Waals surface area contributed by atoms with Gasteiger partial charge >= 0.3 is 0 Å². The van der Waals surface area contributed by atoms with Crippen molar-refractivity contribution in [1.29, 1.82) is 0 Å². The van der Waals surface area contributed by atoms with Crippen LogP contribution in [-0.2, 0) is 0 Å². The molecular weight excluding hydrogens is 1010 g/mol. The van der Waals surface area contributed by atoms with Crippen molar-refractivity contribution in [2.75, 3.05) is 0 Å². The van der Waals surface area contributed by atoms with Gasteiger partial charge in [0.25, 0.3) is 0 Å². The Morgan fingerprint density at radius 3 is 1.47 bits per heavy atom. The monoisotopic (exact) mass is 1060 g/mol. The predicted molar refractivity (Wildman–Crippen MR) is 345 cm³/mol. The predicted octanol–water partition coefficient (Wildman–Crippen LogP) is 19.7. The quantitative estimate of drug-likeness (QED) is 0.145. The first-order valence-corrected chi connectivity index (χ1v) is 28.2. The van der Waals surface area contributed by atoms with E-state index in [4.69, 9.17) is 19.9 Å². The van der Waals surface area contributed by atoms with E-state index in [1.807, 2.05) is 60.7 Å². The first kappa shape index (κ1) is 50.4. The highest BCUT2D eigenvalue weighted by Crippen LogP contribution is 2.42. The number of rotatable bonds is 9. The van der Waals surface area contributed by atoms with Crippen LogP contribution in [0.2, 0.25) is 0 Å². The Kier molecular flexibility index (Phi) is 13.2. The summed E-state index contributed by atoms with van der Waals surface area (Å²) in [6.45, 7) is 6.51. The van der Waals surface area contributed by atoms with Crippen LogP contribution in [0.4, 0.5) is 0 Å². The highest BCUT2D eigenvalue weighted by molar-refractivity contribution is 6.15. The first-order chi connectivity index (χ1) is 40.9. The number of nitrogens with zero attached hydrogens (tertiary/aromatic N) is 6. The Balaban J connectivity index is 0.000000161. The van der Waals surface area contributed by atoms with Crippen molar-refractivity contribution in [3.05, 3.63) is 302 Å². The van der Waals surface area contributed by atoms with E-state index in [2.05, 4.69) is 254 Å². The molecule has 4 aromatic heterocycles. The first-order valence-electron chi connectivity index (χ1n) is 28.2. The van der Waals surface area contributed by atoms with E-state index in [0.29, 0.717) is 11.6 Å². The fourth-order valence-corrected chi connectivity index (χ4v) is 11.7.